The van der Waals surface area contributed by atoms with Crippen molar-refractivity contribution in [2.24, 2.45) is 0 Å². The Bertz CT molecular complexity index is 1550. The molecule has 0 saturated heterocycles. The predicted molar refractivity (Wildman–Crippen MR) is 133 cm³/mol. The molecule has 5 rings (SSSR count). The Kier molecular flexibility index (Phi) is 6.02. The molecule has 9 heteroatoms. The second kappa shape index (κ2) is 9.02. The van der Waals surface area contributed by atoms with E-state index in [9.17, 15) is 17.6 Å². The molecule has 2 aromatic carbocycles. The van der Waals surface area contributed by atoms with Crippen LogP contribution in [-0.2, 0) is 16.4 Å². The minimum Gasteiger partial charge on any atom is -0.303 e. The molecule has 1 fully saturated rings. The van der Waals surface area contributed by atoms with Gasteiger partial charge in [-0.05, 0) is 54.8 Å². The van der Waals surface area contributed by atoms with E-state index >= 15 is 0 Å². The van der Waals surface area contributed by atoms with Gasteiger partial charge >= 0.3 is 0 Å². The van der Waals surface area contributed by atoms with E-state index in [1.165, 1.54) is 23.2 Å². The van der Waals surface area contributed by atoms with E-state index in [-0.39, 0.29) is 28.2 Å². The minimum absolute atomic E-state index is 0.0416. The molecule has 0 aliphatic heterocycles. The van der Waals surface area contributed by atoms with Gasteiger partial charge in [0.1, 0.15) is 0 Å². The van der Waals surface area contributed by atoms with E-state index in [1.807, 2.05) is 6.07 Å². The van der Waals surface area contributed by atoms with Crippen LogP contribution in [0.3, 0.4) is 0 Å². The number of anilines is 1. The lowest BCUT2D eigenvalue weighted by Gasteiger charge is -2.25. The molecule has 0 spiro atoms. The van der Waals surface area contributed by atoms with E-state index in [0.717, 1.165) is 24.8 Å². The summed E-state index contributed by atoms with van der Waals surface area (Å²) in [5, 5.41) is 0.316. The van der Waals surface area contributed by atoms with Crippen molar-refractivity contribution in [2.45, 2.75) is 30.2 Å². The lowest BCUT2D eigenvalue weighted by atomic mass is 10.1. The van der Waals surface area contributed by atoms with Crippen LogP contribution in [-0.4, -0.2) is 30.5 Å². The van der Waals surface area contributed by atoms with Crippen LogP contribution in [0, 0.1) is 5.82 Å². The van der Waals surface area contributed by atoms with Gasteiger partial charge in [-0.1, -0.05) is 35.9 Å². The van der Waals surface area contributed by atoms with Crippen LogP contribution in [0.15, 0.2) is 71.8 Å². The van der Waals surface area contributed by atoms with E-state index in [0.29, 0.717) is 27.9 Å². The second-order valence-electron chi connectivity index (χ2n) is 8.67. The Morgan fingerprint density at radius 1 is 1.11 bits per heavy atom. The van der Waals surface area contributed by atoms with Crippen LogP contribution in [0.25, 0.3) is 10.9 Å². The fourth-order valence-corrected chi connectivity index (χ4v) is 5.04. The largest absolute Gasteiger partial charge is 0.303 e. The molecule has 1 aliphatic carbocycles. The summed E-state index contributed by atoms with van der Waals surface area (Å²) in [5.41, 5.74) is 2.70. The average Bonchev–Trinajstić information content (AvgIpc) is 3.68. The third kappa shape index (κ3) is 4.90. The molecule has 1 aliphatic rings. The van der Waals surface area contributed by atoms with E-state index < -0.39 is 15.7 Å². The molecule has 1 saturated carbocycles. The first-order valence-electron chi connectivity index (χ1n) is 11.0. The molecule has 2 heterocycles. The van der Waals surface area contributed by atoms with E-state index in [4.69, 9.17) is 11.6 Å². The highest BCUT2D eigenvalue weighted by Crippen LogP contribution is 2.39. The number of hydrogen-bond donors (Lipinski definition) is 0. The van der Waals surface area contributed by atoms with Crippen LogP contribution in [0.1, 0.15) is 40.4 Å². The average molecular weight is 510 g/mol. The number of fused-ring (bicyclic) bond motifs is 1. The Labute approximate surface area is 207 Å². The number of carbonyl (C=O) groups excluding carboxylic acids is 1. The van der Waals surface area contributed by atoms with E-state index in [2.05, 4.69) is 9.97 Å². The molecule has 6 nitrogen and oxygen atoms in total. The van der Waals surface area contributed by atoms with Crippen molar-refractivity contribution in [3.8, 4) is 0 Å². The Morgan fingerprint density at radius 3 is 2.57 bits per heavy atom. The van der Waals surface area contributed by atoms with Crippen molar-refractivity contribution in [1.82, 2.24) is 9.97 Å². The monoisotopic (exact) mass is 509 g/mol. The van der Waals surface area contributed by atoms with Gasteiger partial charge in [0, 0.05) is 29.5 Å². The number of rotatable bonds is 6. The maximum absolute atomic E-state index is 13.8. The SMILES string of the molecule is CS(=O)(=O)c1ccccc1N(Cc1ccc2cc(F)c(Cl)nc2c1)C(=O)c1ccc(C2CC2)nc1. The summed E-state index contributed by atoms with van der Waals surface area (Å²) in [4.78, 5) is 23.7. The Hall–Kier alpha value is -3.36. The van der Waals surface area contributed by atoms with Gasteiger partial charge in [-0.3, -0.25) is 9.78 Å². The number of nitrogens with zero attached hydrogens (tertiary/aromatic N) is 3. The third-order valence-electron chi connectivity index (χ3n) is 5.96. The topological polar surface area (TPSA) is 80.2 Å². The van der Waals surface area contributed by atoms with Crippen molar-refractivity contribution in [2.75, 3.05) is 11.2 Å². The highest BCUT2D eigenvalue weighted by atomic mass is 35.5. The number of sulfone groups is 1. The molecule has 0 bridgehead atoms. The predicted octanol–water partition coefficient (Wildman–Crippen LogP) is 5.55. The molecule has 178 valence electrons. The summed E-state index contributed by atoms with van der Waals surface area (Å²) in [6, 6.07) is 16.4. The lowest BCUT2D eigenvalue weighted by Crippen LogP contribution is -2.31. The first-order valence-corrected chi connectivity index (χ1v) is 13.3. The van der Waals surface area contributed by atoms with Crippen LogP contribution >= 0.6 is 11.6 Å². The van der Waals surface area contributed by atoms with E-state index in [1.54, 1.807) is 42.5 Å². The van der Waals surface area contributed by atoms with Gasteiger partial charge in [0.15, 0.2) is 20.8 Å². The Morgan fingerprint density at radius 2 is 1.89 bits per heavy atom. The zero-order chi connectivity index (χ0) is 24.7. The first kappa shape index (κ1) is 23.4. The van der Waals surface area contributed by atoms with Crippen molar-refractivity contribution >= 4 is 43.9 Å². The summed E-state index contributed by atoms with van der Waals surface area (Å²) in [6.07, 6.45) is 4.84. The Balaban J connectivity index is 1.58. The number of halogens is 2. The van der Waals surface area contributed by atoms with Crippen LogP contribution in [0.4, 0.5) is 10.1 Å². The molecule has 4 aromatic rings. The second-order valence-corrected chi connectivity index (χ2v) is 11.0. The first-order chi connectivity index (χ1) is 16.7. The number of amides is 1. The quantitative estimate of drug-likeness (QED) is 0.318. The van der Waals surface area contributed by atoms with Crippen LogP contribution < -0.4 is 4.90 Å². The fourth-order valence-electron chi connectivity index (χ4n) is 4.01. The van der Waals surface area contributed by atoms with Gasteiger partial charge in [0.05, 0.1) is 28.2 Å². The third-order valence-corrected chi connectivity index (χ3v) is 7.37. The summed E-state index contributed by atoms with van der Waals surface area (Å²) in [6.45, 7) is 0.0579. The number of pyridine rings is 2. The van der Waals surface area contributed by atoms with Crippen molar-refractivity contribution in [3.05, 3.63) is 94.7 Å². The smallest absolute Gasteiger partial charge is 0.260 e. The standard InChI is InChI=1S/C26H21ClFN3O3S/c1-35(33,34)24-5-3-2-4-23(24)31(26(32)19-10-11-21(29-14-19)17-8-9-17)15-16-6-7-18-13-20(28)25(27)30-22(18)12-16/h2-7,10-14,17H,8-9,15H2,1H3. The van der Waals surface area contributed by atoms with Gasteiger partial charge < -0.3 is 4.90 Å². The summed E-state index contributed by atoms with van der Waals surface area (Å²) >= 11 is 5.86. The molecular weight excluding hydrogens is 489 g/mol. The summed E-state index contributed by atoms with van der Waals surface area (Å²) in [5.74, 6) is -0.558. The fraction of sp³-hybridized carbons (Fsp3) is 0.192. The van der Waals surface area contributed by atoms with Crippen LogP contribution in [0.2, 0.25) is 5.15 Å². The molecule has 1 amide bonds. The lowest BCUT2D eigenvalue weighted by molar-refractivity contribution is 0.0984. The van der Waals surface area contributed by atoms with Crippen molar-refractivity contribution in [3.63, 3.8) is 0 Å². The normalized spacial score (nSPS) is 13.7. The molecule has 0 N–H and O–H groups in total. The van der Waals surface area contributed by atoms with Gasteiger partial charge in [-0.15, -0.1) is 0 Å². The molecule has 0 atom stereocenters. The number of hydrogen-bond acceptors (Lipinski definition) is 5. The van der Waals surface area contributed by atoms with Gasteiger partial charge in [-0.25, -0.2) is 17.8 Å². The highest BCUT2D eigenvalue weighted by Gasteiger charge is 2.27. The summed E-state index contributed by atoms with van der Waals surface area (Å²) in [7, 11) is -3.62. The van der Waals surface area contributed by atoms with Crippen molar-refractivity contribution in [1.29, 1.82) is 0 Å². The zero-order valence-corrected chi connectivity index (χ0v) is 20.4. The summed E-state index contributed by atoms with van der Waals surface area (Å²) < 4.78 is 38.9. The van der Waals surface area contributed by atoms with Crippen LogP contribution in [0.5, 0.6) is 0 Å². The molecule has 0 unspecified atom stereocenters. The van der Waals surface area contributed by atoms with Crippen molar-refractivity contribution < 1.29 is 17.6 Å². The molecule has 35 heavy (non-hydrogen) atoms. The molecule has 0 radical (unpaired) electrons. The number of para-hydroxylation sites is 1. The highest BCUT2D eigenvalue weighted by molar-refractivity contribution is 7.90. The number of benzene rings is 2. The molecular formula is C26H21ClFN3O3S. The zero-order valence-electron chi connectivity index (χ0n) is 18.8. The maximum Gasteiger partial charge on any atom is 0.260 e. The number of carbonyl (C=O) groups is 1. The maximum atomic E-state index is 13.8. The van der Waals surface area contributed by atoms with Gasteiger partial charge in [0.25, 0.3) is 5.91 Å². The minimum atomic E-state index is -3.62. The van der Waals surface area contributed by atoms with Gasteiger partial charge in [0.2, 0.25) is 0 Å². The number of aromatic nitrogens is 2. The molecule has 2 aromatic heterocycles. The van der Waals surface area contributed by atoms with Gasteiger partial charge in [-0.2, -0.15) is 0 Å².